The van der Waals surface area contributed by atoms with Crippen molar-refractivity contribution >= 4 is 22.8 Å². The van der Waals surface area contributed by atoms with Crippen LogP contribution in [0.1, 0.15) is 27.9 Å². The number of thiazole rings is 1. The number of hydrogen-bond donors (Lipinski definition) is 1. The van der Waals surface area contributed by atoms with Crippen molar-refractivity contribution in [2.75, 3.05) is 6.61 Å². The van der Waals surface area contributed by atoms with E-state index in [2.05, 4.69) is 4.99 Å². The van der Waals surface area contributed by atoms with Crippen LogP contribution in [-0.2, 0) is 6.54 Å². The zero-order valence-corrected chi connectivity index (χ0v) is 12.7. The van der Waals surface area contributed by atoms with E-state index in [1.807, 2.05) is 42.7 Å². The molecule has 2 aromatic rings. The van der Waals surface area contributed by atoms with Gasteiger partial charge in [0, 0.05) is 19.2 Å². The molecule has 0 unspecified atom stereocenters. The second kappa shape index (κ2) is 6.15. The third-order valence-electron chi connectivity index (χ3n) is 3.13. The molecule has 20 heavy (non-hydrogen) atoms. The van der Waals surface area contributed by atoms with Crippen LogP contribution in [0.15, 0.2) is 29.3 Å². The summed E-state index contributed by atoms with van der Waals surface area (Å²) < 4.78 is 1.90. The molecule has 0 saturated heterocycles. The van der Waals surface area contributed by atoms with E-state index in [1.165, 1.54) is 11.3 Å². The Morgan fingerprint density at radius 3 is 2.65 bits per heavy atom. The highest BCUT2D eigenvalue weighted by Crippen LogP contribution is 2.18. The largest absolute Gasteiger partial charge is 0.395 e. The second-order valence-corrected chi connectivity index (χ2v) is 5.61. The number of aryl methyl sites for hydroxylation is 1. The number of hydrogen-bond acceptors (Lipinski definition) is 4. The van der Waals surface area contributed by atoms with Crippen molar-refractivity contribution in [3.8, 4) is 0 Å². The number of carbonyl (C=O) groups excluding carboxylic acids is 1. The highest BCUT2D eigenvalue weighted by Gasteiger charge is 2.13. The monoisotopic (exact) mass is 290 g/mol. The maximum Gasteiger partial charge on any atom is 0.190 e. The molecular formula is C15H18N2O2S. The Morgan fingerprint density at radius 2 is 2.05 bits per heavy atom. The summed E-state index contributed by atoms with van der Waals surface area (Å²) in [5.74, 6) is 0.0328. The average Bonchev–Trinajstić information content (AvgIpc) is 2.71. The first kappa shape index (κ1) is 14.7. The summed E-state index contributed by atoms with van der Waals surface area (Å²) >= 11 is 1.37. The van der Waals surface area contributed by atoms with Crippen molar-refractivity contribution < 1.29 is 9.90 Å². The normalized spacial score (nSPS) is 11.9. The zero-order valence-electron chi connectivity index (χ0n) is 11.9. The molecule has 0 aliphatic heterocycles. The van der Waals surface area contributed by atoms with Crippen LogP contribution >= 0.6 is 11.3 Å². The van der Waals surface area contributed by atoms with E-state index in [-0.39, 0.29) is 12.4 Å². The molecule has 0 fully saturated rings. The lowest BCUT2D eigenvalue weighted by atomic mass is 10.2. The lowest BCUT2D eigenvalue weighted by Crippen LogP contribution is -2.18. The van der Waals surface area contributed by atoms with Gasteiger partial charge in [-0.15, -0.1) is 0 Å². The van der Waals surface area contributed by atoms with Gasteiger partial charge in [0.15, 0.2) is 10.6 Å². The smallest absolute Gasteiger partial charge is 0.190 e. The van der Waals surface area contributed by atoms with E-state index in [0.717, 1.165) is 21.7 Å². The highest BCUT2D eigenvalue weighted by molar-refractivity contribution is 7.11. The molecular weight excluding hydrogens is 272 g/mol. The van der Waals surface area contributed by atoms with Crippen LogP contribution in [-0.4, -0.2) is 22.1 Å². The highest BCUT2D eigenvalue weighted by atomic mass is 32.1. The molecule has 2 rings (SSSR count). The minimum Gasteiger partial charge on any atom is -0.395 e. The zero-order chi connectivity index (χ0) is 14.7. The Balaban J connectivity index is 2.64. The van der Waals surface area contributed by atoms with Crippen LogP contribution in [0.4, 0.5) is 5.69 Å². The minimum absolute atomic E-state index is 0.0237. The molecule has 106 valence electrons. The van der Waals surface area contributed by atoms with Gasteiger partial charge < -0.3 is 9.67 Å². The molecule has 0 spiro atoms. The Labute approximate surface area is 122 Å². The summed E-state index contributed by atoms with van der Waals surface area (Å²) in [7, 11) is 0. The Morgan fingerprint density at radius 1 is 1.35 bits per heavy atom. The molecule has 0 aliphatic carbocycles. The van der Waals surface area contributed by atoms with Gasteiger partial charge in [0.05, 0.1) is 17.2 Å². The van der Waals surface area contributed by atoms with Crippen LogP contribution in [0.25, 0.3) is 0 Å². The molecule has 5 heteroatoms. The first-order valence-electron chi connectivity index (χ1n) is 6.47. The first-order chi connectivity index (χ1) is 9.54. The molecule has 0 aliphatic rings. The maximum absolute atomic E-state index is 11.6. The fourth-order valence-corrected chi connectivity index (χ4v) is 3.12. The molecule has 0 amide bonds. The summed E-state index contributed by atoms with van der Waals surface area (Å²) in [5, 5.41) is 9.19. The molecule has 0 saturated carbocycles. The van der Waals surface area contributed by atoms with Gasteiger partial charge in [-0.1, -0.05) is 29.5 Å². The molecule has 0 radical (unpaired) electrons. The summed E-state index contributed by atoms with van der Waals surface area (Å²) in [5.41, 5.74) is 2.83. The van der Waals surface area contributed by atoms with Crippen LogP contribution in [0.3, 0.4) is 0 Å². The number of rotatable bonds is 4. The van der Waals surface area contributed by atoms with Crippen molar-refractivity contribution in [2.45, 2.75) is 27.3 Å². The van der Waals surface area contributed by atoms with Gasteiger partial charge >= 0.3 is 0 Å². The average molecular weight is 290 g/mol. The number of nitrogens with zero attached hydrogens (tertiary/aromatic N) is 2. The number of aromatic nitrogens is 1. The number of ketones is 1. The van der Waals surface area contributed by atoms with Gasteiger partial charge in [0.1, 0.15) is 0 Å². The van der Waals surface area contributed by atoms with Gasteiger partial charge in [-0.05, 0) is 25.5 Å². The van der Waals surface area contributed by atoms with E-state index < -0.39 is 0 Å². The summed E-state index contributed by atoms with van der Waals surface area (Å²) in [4.78, 5) is 17.7. The van der Waals surface area contributed by atoms with Gasteiger partial charge in [-0.25, -0.2) is 4.99 Å². The quantitative estimate of drug-likeness (QED) is 0.880. The second-order valence-electron chi connectivity index (χ2n) is 4.63. The van der Waals surface area contributed by atoms with Gasteiger partial charge in [0.25, 0.3) is 0 Å². The van der Waals surface area contributed by atoms with Gasteiger partial charge in [-0.3, -0.25) is 4.79 Å². The number of aliphatic hydroxyl groups is 1. The Kier molecular flexibility index (Phi) is 4.52. The van der Waals surface area contributed by atoms with Crippen LogP contribution in [0, 0.1) is 13.8 Å². The minimum atomic E-state index is 0.0237. The number of Topliss-reactive ketones (excluding diaryl/α,β-unsaturated/α-hetero) is 1. The summed E-state index contributed by atoms with van der Waals surface area (Å²) in [6.45, 7) is 5.91. The summed E-state index contributed by atoms with van der Waals surface area (Å²) in [6, 6.07) is 7.86. The van der Waals surface area contributed by atoms with Gasteiger partial charge in [-0.2, -0.15) is 0 Å². The van der Waals surface area contributed by atoms with E-state index in [4.69, 9.17) is 0 Å². The third-order valence-corrected chi connectivity index (χ3v) is 4.41. The Bertz CT molecular complexity index is 698. The standard InChI is InChI=1S/C15H18N2O2S/c1-10-6-4-5-7-13(10)16-15-17(8-9-18)11(2)14(20-15)12(3)19/h4-7,18H,8-9H2,1-3H3. The predicted octanol–water partition coefficient (Wildman–Crippen LogP) is 2.59. The fraction of sp³-hybridized carbons (Fsp3) is 0.333. The van der Waals surface area contributed by atoms with Crippen LogP contribution in [0.5, 0.6) is 0 Å². The van der Waals surface area contributed by atoms with Crippen molar-refractivity contribution in [2.24, 2.45) is 4.99 Å². The van der Waals surface area contributed by atoms with Crippen molar-refractivity contribution in [3.63, 3.8) is 0 Å². The van der Waals surface area contributed by atoms with Crippen molar-refractivity contribution in [1.29, 1.82) is 0 Å². The summed E-state index contributed by atoms with van der Waals surface area (Å²) in [6.07, 6.45) is 0. The first-order valence-corrected chi connectivity index (χ1v) is 7.28. The van der Waals surface area contributed by atoms with Crippen molar-refractivity contribution in [1.82, 2.24) is 4.57 Å². The number of para-hydroxylation sites is 1. The lowest BCUT2D eigenvalue weighted by Gasteiger charge is -2.04. The molecule has 1 heterocycles. The van der Waals surface area contributed by atoms with Crippen LogP contribution in [0.2, 0.25) is 0 Å². The topological polar surface area (TPSA) is 54.6 Å². The predicted molar refractivity (Wildman–Crippen MR) is 80.5 cm³/mol. The van der Waals surface area contributed by atoms with E-state index in [9.17, 15) is 9.90 Å². The number of carbonyl (C=O) groups is 1. The van der Waals surface area contributed by atoms with E-state index >= 15 is 0 Å². The third kappa shape index (κ3) is 2.89. The molecule has 4 nitrogen and oxygen atoms in total. The fourth-order valence-electron chi connectivity index (χ4n) is 2.05. The Hall–Kier alpha value is -1.72. The SMILES string of the molecule is CC(=O)c1sc(=Nc2ccccc2C)n(CCO)c1C. The number of aliphatic hydroxyl groups excluding tert-OH is 1. The van der Waals surface area contributed by atoms with Crippen molar-refractivity contribution in [3.05, 3.63) is 45.2 Å². The maximum atomic E-state index is 11.6. The molecule has 1 aromatic carbocycles. The molecule has 0 bridgehead atoms. The van der Waals surface area contributed by atoms with Crippen LogP contribution < -0.4 is 4.80 Å². The van der Waals surface area contributed by atoms with Gasteiger partial charge in [0.2, 0.25) is 0 Å². The molecule has 1 N–H and O–H groups in total. The molecule has 0 atom stereocenters. The number of benzene rings is 1. The molecule has 1 aromatic heterocycles. The lowest BCUT2D eigenvalue weighted by molar-refractivity contribution is 0.102. The van der Waals surface area contributed by atoms with E-state index in [0.29, 0.717) is 11.4 Å². The van der Waals surface area contributed by atoms with E-state index in [1.54, 1.807) is 6.92 Å².